The molecule has 1 unspecified atom stereocenters. The van der Waals surface area contributed by atoms with Gasteiger partial charge in [0.1, 0.15) is 12.6 Å². The molecule has 7 nitrogen and oxygen atoms in total. The second-order valence-corrected chi connectivity index (χ2v) is 12.1. The van der Waals surface area contributed by atoms with Crippen molar-refractivity contribution in [3.05, 3.63) is 95.1 Å². The van der Waals surface area contributed by atoms with Crippen molar-refractivity contribution in [1.29, 1.82) is 0 Å². The number of ether oxygens (including phenoxy) is 1. The third-order valence-corrected chi connectivity index (χ3v) is 8.50. The summed E-state index contributed by atoms with van der Waals surface area (Å²) in [6.07, 6.45) is 9.29. The predicted molar refractivity (Wildman–Crippen MR) is 179 cm³/mol. The molecule has 0 spiro atoms. The zero-order chi connectivity index (χ0) is 31.7. The molecule has 8 heteroatoms. The van der Waals surface area contributed by atoms with Gasteiger partial charge in [0.15, 0.2) is 0 Å². The van der Waals surface area contributed by atoms with Gasteiger partial charge >= 0.3 is 12.1 Å². The second-order valence-electron chi connectivity index (χ2n) is 11.1. The summed E-state index contributed by atoms with van der Waals surface area (Å²) in [4.78, 5) is 35.8. The Kier molecular flexibility index (Phi) is 14.8. The molecule has 0 aromatic heterocycles. The number of hydrogen-bond donors (Lipinski definition) is 3. The smallest absolute Gasteiger partial charge is 0.407 e. The fraction of sp³-hybridized carbons (Fsp3) is 0.417. The summed E-state index contributed by atoms with van der Waals surface area (Å²) in [5.74, 6) is -0.0334. The molecule has 4 rings (SSSR count). The van der Waals surface area contributed by atoms with Gasteiger partial charge in [-0.15, -0.1) is 0 Å². The number of carbonyl (C=O) groups is 3. The van der Waals surface area contributed by atoms with Crippen LogP contribution in [-0.4, -0.2) is 47.7 Å². The van der Waals surface area contributed by atoms with E-state index in [1.54, 1.807) is 17.8 Å². The van der Waals surface area contributed by atoms with E-state index in [0.29, 0.717) is 30.3 Å². The third kappa shape index (κ3) is 11.4. The molecule has 3 aromatic rings. The Morgan fingerprint density at radius 3 is 2.30 bits per heavy atom. The third-order valence-electron chi connectivity index (χ3n) is 7.86. The standard InChI is InChI=1S/C21H25NO3S.C15H21NO2/c1-4-15-9-10-17(18(13-15)16-8-6-5-7-14(16)2)20(23)22-19(21(24)25)11-12-26-3;17-15(16-11-13-7-3-1-4-8-13)18-12-14-9-5-2-6-10-14/h5-10,13,19H,4,11-12H2,1-3H3,(H,22,23)(H,24,25);2,5-6,9-10,13H,1,3-4,7-8,11-12H2,(H,16,17). The summed E-state index contributed by atoms with van der Waals surface area (Å²) < 4.78 is 5.17. The Hall–Kier alpha value is -3.78. The Labute approximate surface area is 266 Å². The molecule has 0 saturated heterocycles. The number of alkyl carbamates (subject to hydrolysis) is 1. The van der Waals surface area contributed by atoms with Gasteiger partial charge in [0, 0.05) is 12.1 Å². The fourth-order valence-electron chi connectivity index (χ4n) is 5.23. The summed E-state index contributed by atoms with van der Waals surface area (Å²) in [6, 6.07) is 22.5. The van der Waals surface area contributed by atoms with Gasteiger partial charge < -0.3 is 20.5 Å². The molecule has 2 amide bonds. The van der Waals surface area contributed by atoms with Crippen molar-refractivity contribution in [3.8, 4) is 11.1 Å². The van der Waals surface area contributed by atoms with Crippen LogP contribution in [0, 0.1) is 12.8 Å². The van der Waals surface area contributed by atoms with Crippen LogP contribution in [0.15, 0.2) is 72.8 Å². The molecule has 0 radical (unpaired) electrons. The van der Waals surface area contributed by atoms with Crippen molar-refractivity contribution in [2.24, 2.45) is 5.92 Å². The van der Waals surface area contributed by atoms with Gasteiger partial charge in [-0.2, -0.15) is 11.8 Å². The quantitative estimate of drug-likeness (QED) is 0.193. The normalized spacial score (nSPS) is 13.6. The van der Waals surface area contributed by atoms with Gasteiger partial charge in [-0.1, -0.05) is 92.9 Å². The number of aryl methyl sites for hydroxylation is 2. The monoisotopic (exact) mass is 618 g/mol. The first-order valence-corrected chi connectivity index (χ1v) is 16.9. The number of carboxylic acids is 1. The lowest BCUT2D eigenvalue weighted by Gasteiger charge is -2.21. The summed E-state index contributed by atoms with van der Waals surface area (Å²) in [6.45, 7) is 5.18. The van der Waals surface area contributed by atoms with E-state index >= 15 is 0 Å². The molecule has 3 N–H and O–H groups in total. The molecule has 1 aliphatic carbocycles. The number of nitrogens with one attached hydrogen (secondary N) is 2. The first kappa shape index (κ1) is 34.7. The highest BCUT2D eigenvalue weighted by Crippen LogP contribution is 2.28. The topological polar surface area (TPSA) is 105 Å². The SMILES string of the molecule is CCc1ccc(C(=O)NC(CCSC)C(=O)O)c(-c2ccccc2C)c1.O=C(NCC1CCCCC1)OCc1ccccc1. The number of carboxylic acid groups (broad SMARTS) is 1. The lowest BCUT2D eigenvalue weighted by molar-refractivity contribution is -0.139. The van der Waals surface area contributed by atoms with Crippen molar-refractivity contribution >= 4 is 29.7 Å². The van der Waals surface area contributed by atoms with Gasteiger partial charge in [0.25, 0.3) is 5.91 Å². The first-order valence-electron chi connectivity index (χ1n) is 15.5. The lowest BCUT2D eigenvalue weighted by Crippen LogP contribution is -2.41. The number of carbonyl (C=O) groups excluding carboxylic acids is 2. The molecule has 1 fully saturated rings. The Balaban J connectivity index is 0.000000257. The van der Waals surface area contributed by atoms with Crippen molar-refractivity contribution in [3.63, 3.8) is 0 Å². The average Bonchev–Trinajstić information content (AvgIpc) is 3.05. The predicted octanol–water partition coefficient (Wildman–Crippen LogP) is 7.65. The second kappa shape index (κ2) is 18.8. The zero-order valence-electron chi connectivity index (χ0n) is 26.1. The molecule has 3 aromatic carbocycles. The highest BCUT2D eigenvalue weighted by molar-refractivity contribution is 7.98. The summed E-state index contributed by atoms with van der Waals surface area (Å²) in [5, 5.41) is 14.9. The van der Waals surface area contributed by atoms with E-state index in [0.717, 1.165) is 40.8 Å². The van der Waals surface area contributed by atoms with Crippen LogP contribution in [0.3, 0.4) is 0 Å². The van der Waals surface area contributed by atoms with Crippen LogP contribution >= 0.6 is 11.8 Å². The fourth-order valence-corrected chi connectivity index (χ4v) is 5.70. The average molecular weight is 619 g/mol. The van der Waals surface area contributed by atoms with Crippen molar-refractivity contribution in [2.75, 3.05) is 18.6 Å². The molecule has 44 heavy (non-hydrogen) atoms. The molecular formula is C36H46N2O5S. The molecular weight excluding hydrogens is 572 g/mol. The molecule has 1 aliphatic rings. The number of aliphatic carboxylic acids is 1. The van der Waals surface area contributed by atoms with Crippen LogP contribution < -0.4 is 10.6 Å². The van der Waals surface area contributed by atoms with E-state index in [2.05, 4.69) is 17.6 Å². The Morgan fingerprint density at radius 2 is 1.64 bits per heavy atom. The molecule has 0 aliphatic heterocycles. The van der Waals surface area contributed by atoms with Crippen molar-refractivity contribution in [1.82, 2.24) is 10.6 Å². The van der Waals surface area contributed by atoms with Crippen LogP contribution in [-0.2, 0) is 22.6 Å². The van der Waals surface area contributed by atoms with E-state index in [1.807, 2.05) is 79.9 Å². The number of amides is 2. The minimum atomic E-state index is -1.00. The molecule has 0 heterocycles. The number of thioether (sulfide) groups is 1. The first-order chi connectivity index (χ1) is 21.3. The van der Waals surface area contributed by atoms with Crippen molar-refractivity contribution in [2.45, 2.75) is 71.4 Å². The van der Waals surface area contributed by atoms with E-state index in [-0.39, 0.29) is 12.0 Å². The van der Waals surface area contributed by atoms with Gasteiger partial charge in [0.2, 0.25) is 0 Å². The Morgan fingerprint density at radius 1 is 0.932 bits per heavy atom. The highest BCUT2D eigenvalue weighted by atomic mass is 32.2. The van der Waals surface area contributed by atoms with Crippen LogP contribution in [0.25, 0.3) is 11.1 Å². The number of hydrogen-bond acceptors (Lipinski definition) is 5. The van der Waals surface area contributed by atoms with Crippen LogP contribution in [0.2, 0.25) is 0 Å². The van der Waals surface area contributed by atoms with Gasteiger partial charge in [0.05, 0.1) is 0 Å². The molecule has 1 atom stereocenters. The Bertz CT molecular complexity index is 1340. The van der Waals surface area contributed by atoms with E-state index in [9.17, 15) is 19.5 Å². The van der Waals surface area contributed by atoms with Crippen molar-refractivity contribution < 1.29 is 24.2 Å². The van der Waals surface area contributed by atoms with Crippen LogP contribution in [0.5, 0.6) is 0 Å². The minimum Gasteiger partial charge on any atom is -0.480 e. The minimum absolute atomic E-state index is 0.301. The maximum absolute atomic E-state index is 12.8. The summed E-state index contributed by atoms with van der Waals surface area (Å²) in [7, 11) is 0. The number of benzene rings is 3. The van der Waals surface area contributed by atoms with Crippen LogP contribution in [0.4, 0.5) is 4.79 Å². The molecule has 0 bridgehead atoms. The largest absolute Gasteiger partial charge is 0.480 e. The van der Waals surface area contributed by atoms with Gasteiger partial charge in [-0.3, -0.25) is 4.79 Å². The summed E-state index contributed by atoms with van der Waals surface area (Å²) in [5.41, 5.74) is 5.57. The maximum Gasteiger partial charge on any atom is 0.407 e. The van der Waals surface area contributed by atoms with Gasteiger partial charge in [-0.05, 0) is 84.4 Å². The lowest BCUT2D eigenvalue weighted by atomic mass is 9.89. The molecule has 1 saturated carbocycles. The zero-order valence-corrected chi connectivity index (χ0v) is 27.0. The van der Waals surface area contributed by atoms with Crippen LogP contribution in [0.1, 0.15) is 72.5 Å². The highest BCUT2D eigenvalue weighted by Gasteiger charge is 2.22. The number of rotatable bonds is 12. The van der Waals surface area contributed by atoms with E-state index in [1.165, 1.54) is 32.1 Å². The maximum atomic E-state index is 12.8. The molecule has 236 valence electrons. The van der Waals surface area contributed by atoms with E-state index in [4.69, 9.17) is 4.74 Å². The summed E-state index contributed by atoms with van der Waals surface area (Å²) >= 11 is 1.56. The van der Waals surface area contributed by atoms with E-state index < -0.39 is 12.0 Å². The van der Waals surface area contributed by atoms with Gasteiger partial charge in [-0.25, -0.2) is 9.59 Å².